The first kappa shape index (κ1) is 13.5. The smallest absolute Gasteiger partial charge is 0.224 e. The number of fused-ring (bicyclic) bond motifs is 1. The fourth-order valence-electron chi connectivity index (χ4n) is 1.86. The van der Waals surface area contributed by atoms with Crippen molar-refractivity contribution in [3.8, 4) is 0 Å². The Morgan fingerprint density at radius 3 is 3.00 bits per heavy atom. The molecule has 1 heterocycles. The Kier molecular flexibility index (Phi) is 4.47. The highest BCUT2D eigenvalue weighted by Crippen LogP contribution is 2.16. The third-order valence-electron chi connectivity index (χ3n) is 3.14. The molecule has 4 heteroatoms. The molecule has 0 bridgehead atoms. The second-order valence-corrected chi connectivity index (χ2v) is 4.84. The number of nitrogens with zero attached hydrogens (tertiary/aromatic N) is 1. The summed E-state index contributed by atoms with van der Waals surface area (Å²) in [6.45, 7) is 2.66. The van der Waals surface area contributed by atoms with E-state index in [0.29, 0.717) is 18.9 Å². The minimum atomic E-state index is 0.0115. The summed E-state index contributed by atoms with van der Waals surface area (Å²) in [5.41, 5.74) is 7.20. The summed E-state index contributed by atoms with van der Waals surface area (Å²) in [5.74, 6) is 0.387. The lowest BCUT2D eigenvalue weighted by molar-refractivity contribution is -0.116. The van der Waals surface area contributed by atoms with Gasteiger partial charge < -0.3 is 11.1 Å². The van der Waals surface area contributed by atoms with Gasteiger partial charge in [0, 0.05) is 11.8 Å². The molecule has 0 aliphatic rings. The van der Waals surface area contributed by atoms with Gasteiger partial charge in [0.05, 0.1) is 17.4 Å². The number of pyridine rings is 1. The topological polar surface area (TPSA) is 68.0 Å². The Hall–Kier alpha value is -1.94. The van der Waals surface area contributed by atoms with E-state index >= 15 is 0 Å². The number of nitrogens with two attached hydrogens (primary N) is 1. The molecule has 2 aromatic rings. The number of hydrogen-bond acceptors (Lipinski definition) is 3. The molecular formula is C15H19N3O. The van der Waals surface area contributed by atoms with Crippen LogP contribution < -0.4 is 11.1 Å². The molecule has 1 amide bonds. The van der Waals surface area contributed by atoms with Crippen molar-refractivity contribution in [1.82, 2.24) is 4.98 Å². The number of carbonyl (C=O) groups excluding carboxylic acids is 1. The third-order valence-corrected chi connectivity index (χ3v) is 3.14. The molecule has 0 saturated heterocycles. The molecule has 0 saturated carbocycles. The molecule has 1 unspecified atom stereocenters. The number of rotatable bonds is 5. The lowest BCUT2D eigenvalue weighted by Crippen LogP contribution is -2.16. The Balaban J connectivity index is 1.99. The number of para-hydroxylation sites is 1. The third kappa shape index (κ3) is 3.76. The van der Waals surface area contributed by atoms with Gasteiger partial charge in [-0.1, -0.05) is 25.1 Å². The first-order chi connectivity index (χ1) is 9.19. The van der Waals surface area contributed by atoms with Crippen LogP contribution in [0.15, 0.2) is 36.5 Å². The highest BCUT2D eigenvalue weighted by molar-refractivity contribution is 5.93. The standard InChI is InChI=1S/C15H19N3O/c1-11(9-16)6-7-15(19)18-13-8-12-4-2-3-5-14(12)17-10-13/h2-5,8,10-11H,6-7,9,16H2,1H3,(H,18,19). The summed E-state index contributed by atoms with van der Waals surface area (Å²) >= 11 is 0. The molecule has 0 fully saturated rings. The number of nitrogens with one attached hydrogen (secondary N) is 1. The second-order valence-electron chi connectivity index (χ2n) is 4.84. The SMILES string of the molecule is CC(CN)CCC(=O)Nc1cnc2ccccc2c1. The van der Waals surface area contributed by atoms with Crippen molar-refractivity contribution in [2.24, 2.45) is 11.7 Å². The van der Waals surface area contributed by atoms with Crippen LogP contribution in [-0.2, 0) is 4.79 Å². The van der Waals surface area contributed by atoms with Crippen LogP contribution >= 0.6 is 0 Å². The average molecular weight is 257 g/mol. The predicted molar refractivity (Wildman–Crippen MR) is 77.8 cm³/mol. The van der Waals surface area contributed by atoms with Gasteiger partial charge in [0.1, 0.15) is 0 Å². The van der Waals surface area contributed by atoms with Gasteiger partial charge >= 0.3 is 0 Å². The van der Waals surface area contributed by atoms with Gasteiger partial charge in [-0.2, -0.15) is 0 Å². The number of anilines is 1. The molecule has 0 aliphatic heterocycles. The fraction of sp³-hybridized carbons (Fsp3) is 0.333. The van der Waals surface area contributed by atoms with E-state index in [4.69, 9.17) is 5.73 Å². The predicted octanol–water partition coefficient (Wildman–Crippen LogP) is 2.55. The number of carbonyl (C=O) groups is 1. The van der Waals surface area contributed by atoms with E-state index in [0.717, 1.165) is 23.0 Å². The lowest BCUT2D eigenvalue weighted by Gasteiger charge is -2.09. The van der Waals surface area contributed by atoms with E-state index in [9.17, 15) is 4.79 Å². The Morgan fingerprint density at radius 2 is 2.21 bits per heavy atom. The fourth-order valence-corrected chi connectivity index (χ4v) is 1.86. The highest BCUT2D eigenvalue weighted by atomic mass is 16.1. The van der Waals surface area contributed by atoms with Crippen LogP contribution in [0.25, 0.3) is 10.9 Å². The molecule has 0 spiro atoms. The van der Waals surface area contributed by atoms with Gasteiger partial charge in [-0.05, 0) is 31.0 Å². The summed E-state index contributed by atoms with van der Waals surface area (Å²) < 4.78 is 0. The Labute approximate surface area is 113 Å². The molecule has 1 aromatic heterocycles. The largest absolute Gasteiger partial charge is 0.330 e. The molecule has 3 N–H and O–H groups in total. The van der Waals surface area contributed by atoms with Gasteiger partial charge in [-0.15, -0.1) is 0 Å². The molecule has 4 nitrogen and oxygen atoms in total. The molecule has 100 valence electrons. The average Bonchev–Trinajstić information content (AvgIpc) is 2.44. The maximum atomic E-state index is 11.8. The van der Waals surface area contributed by atoms with Crippen LogP contribution in [0.5, 0.6) is 0 Å². The van der Waals surface area contributed by atoms with Gasteiger partial charge in [0.2, 0.25) is 5.91 Å². The molecule has 0 aliphatic carbocycles. The zero-order valence-corrected chi connectivity index (χ0v) is 11.1. The van der Waals surface area contributed by atoms with Gasteiger partial charge in [-0.3, -0.25) is 9.78 Å². The van der Waals surface area contributed by atoms with E-state index < -0.39 is 0 Å². The van der Waals surface area contributed by atoms with Crippen molar-refractivity contribution < 1.29 is 4.79 Å². The van der Waals surface area contributed by atoms with Crippen molar-refractivity contribution in [3.63, 3.8) is 0 Å². The molecule has 1 atom stereocenters. The molecular weight excluding hydrogens is 238 g/mol. The van der Waals surface area contributed by atoms with Crippen LogP contribution in [0.2, 0.25) is 0 Å². The second kappa shape index (κ2) is 6.29. The Morgan fingerprint density at radius 1 is 1.42 bits per heavy atom. The first-order valence-corrected chi connectivity index (χ1v) is 6.53. The monoisotopic (exact) mass is 257 g/mol. The lowest BCUT2D eigenvalue weighted by atomic mass is 10.1. The summed E-state index contributed by atoms with van der Waals surface area (Å²) in [4.78, 5) is 16.1. The number of benzene rings is 1. The van der Waals surface area contributed by atoms with Crippen LogP contribution in [0.3, 0.4) is 0 Å². The molecule has 2 rings (SSSR count). The van der Waals surface area contributed by atoms with E-state index in [1.165, 1.54) is 0 Å². The van der Waals surface area contributed by atoms with Gasteiger partial charge in [0.15, 0.2) is 0 Å². The van der Waals surface area contributed by atoms with E-state index in [1.807, 2.05) is 37.3 Å². The van der Waals surface area contributed by atoms with Crippen molar-refractivity contribution in [2.75, 3.05) is 11.9 Å². The summed E-state index contributed by atoms with van der Waals surface area (Å²) in [6, 6.07) is 9.77. The zero-order valence-electron chi connectivity index (χ0n) is 11.1. The minimum absolute atomic E-state index is 0.0115. The van der Waals surface area contributed by atoms with Gasteiger partial charge in [0.25, 0.3) is 0 Å². The molecule has 1 aromatic carbocycles. The van der Waals surface area contributed by atoms with E-state index in [-0.39, 0.29) is 5.91 Å². The maximum Gasteiger partial charge on any atom is 0.224 e. The zero-order chi connectivity index (χ0) is 13.7. The van der Waals surface area contributed by atoms with Crippen molar-refractivity contribution >= 4 is 22.5 Å². The Bertz CT molecular complexity index is 568. The highest BCUT2D eigenvalue weighted by Gasteiger charge is 2.06. The van der Waals surface area contributed by atoms with E-state index in [2.05, 4.69) is 10.3 Å². The first-order valence-electron chi connectivity index (χ1n) is 6.53. The van der Waals surface area contributed by atoms with E-state index in [1.54, 1.807) is 6.20 Å². The van der Waals surface area contributed by atoms with Crippen molar-refractivity contribution in [3.05, 3.63) is 36.5 Å². The molecule has 0 radical (unpaired) electrons. The van der Waals surface area contributed by atoms with Crippen LogP contribution in [0, 0.1) is 5.92 Å². The molecule has 19 heavy (non-hydrogen) atoms. The van der Waals surface area contributed by atoms with Crippen LogP contribution in [0.1, 0.15) is 19.8 Å². The summed E-state index contributed by atoms with van der Waals surface area (Å²) in [7, 11) is 0. The van der Waals surface area contributed by atoms with Gasteiger partial charge in [-0.25, -0.2) is 0 Å². The summed E-state index contributed by atoms with van der Waals surface area (Å²) in [6.07, 6.45) is 2.99. The van der Waals surface area contributed by atoms with Crippen LogP contribution in [-0.4, -0.2) is 17.4 Å². The normalized spacial score (nSPS) is 12.3. The van der Waals surface area contributed by atoms with Crippen LogP contribution in [0.4, 0.5) is 5.69 Å². The summed E-state index contributed by atoms with van der Waals surface area (Å²) in [5, 5.41) is 3.89. The number of aromatic nitrogens is 1. The maximum absolute atomic E-state index is 11.8. The quantitative estimate of drug-likeness (QED) is 0.865. The number of hydrogen-bond donors (Lipinski definition) is 2. The minimum Gasteiger partial charge on any atom is -0.330 e. The number of amides is 1. The van der Waals surface area contributed by atoms with Crippen molar-refractivity contribution in [1.29, 1.82) is 0 Å². The van der Waals surface area contributed by atoms with Crippen molar-refractivity contribution in [2.45, 2.75) is 19.8 Å².